The van der Waals surface area contributed by atoms with Crippen LogP contribution in [-0.2, 0) is 23.9 Å². The Balaban J connectivity index is 4.46. The number of rotatable bonds is 9. The van der Waals surface area contributed by atoms with Crippen LogP contribution >= 0.6 is 0 Å². The molecule has 9 nitrogen and oxygen atoms in total. The van der Waals surface area contributed by atoms with Gasteiger partial charge in [0.2, 0.25) is 11.6 Å². The van der Waals surface area contributed by atoms with Gasteiger partial charge in [-0.3, -0.25) is 14.4 Å². The lowest BCUT2D eigenvalue weighted by Crippen LogP contribution is -2.45. The standard InChI is InChI=1S/C10H13N3O6/c1-19-5-8(15)9(16)13-7(10(17)18)3-2-6(14)4-12-11/h4,7H,2-3,5H2,1H3,(H,13,16)(H,17,18)/t7-/m0/s1. The molecule has 0 bridgehead atoms. The van der Waals surface area contributed by atoms with Crippen molar-refractivity contribution in [3.8, 4) is 0 Å². The van der Waals surface area contributed by atoms with Crippen LogP contribution in [0.5, 0.6) is 0 Å². The van der Waals surface area contributed by atoms with Crippen LogP contribution in [0.15, 0.2) is 0 Å². The number of Topliss-reactive ketones (excluding diaryl/α,β-unsaturated/α-hetero) is 2. The number of ketones is 2. The number of carbonyl (C=O) groups excluding carboxylic acids is 3. The Morgan fingerprint density at radius 1 is 1.42 bits per heavy atom. The van der Waals surface area contributed by atoms with Gasteiger partial charge < -0.3 is 20.7 Å². The van der Waals surface area contributed by atoms with Crippen molar-refractivity contribution in [2.24, 2.45) is 0 Å². The highest BCUT2D eigenvalue weighted by Crippen LogP contribution is 1.98. The molecule has 0 aliphatic rings. The molecule has 0 heterocycles. The van der Waals surface area contributed by atoms with Gasteiger partial charge in [-0.2, -0.15) is 4.79 Å². The summed E-state index contributed by atoms with van der Waals surface area (Å²) >= 11 is 0. The number of hydrogen-bond acceptors (Lipinski definition) is 5. The number of carboxylic acid groups (broad SMARTS) is 1. The largest absolute Gasteiger partial charge is 0.480 e. The highest BCUT2D eigenvalue weighted by Gasteiger charge is 2.24. The predicted molar refractivity (Wildman–Crippen MR) is 60.4 cm³/mol. The summed E-state index contributed by atoms with van der Waals surface area (Å²) in [5.41, 5.74) is 8.09. The van der Waals surface area contributed by atoms with Crippen LogP contribution in [-0.4, -0.2) is 59.3 Å². The second-order valence-electron chi connectivity index (χ2n) is 3.47. The van der Waals surface area contributed by atoms with Crippen LogP contribution < -0.4 is 5.32 Å². The minimum absolute atomic E-state index is 0.230. The number of hydrogen-bond donors (Lipinski definition) is 2. The molecule has 2 N–H and O–H groups in total. The molecule has 19 heavy (non-hydrogen) atoms. The van der Waals surface area contributed by atoms with Crippen molar-refractivity contribution in [3.05, 3.63) is 5.53 Å². The topological polar surface area (TPSA) is 146 Å². The molecule has 9 heteroatoms. The van der Waals surface area contributed by atoms with Gasteiger partial charge in [0.05, 0.1) is 0 Å². The quantitative estimate of drug-likeness (QED) is 0.224. The van der Waals surface area contributed by atoms with Crippen LogP contribution in [0.4, 0.5) is 0 Å². The summed E-state index contributed by atoms with van der Waals surface area (Å²) in [6.45, 7) is -0.464. The van der Waals surface area contributed by atoms with E-state index >= 15 is 0 Å². The third-order valence-electron chi connectivity index (χ3n) is 2.01. The van der Waals surface area contributed by atoms with Crippen molar-refractivity contribution in [1.82, 2.24) is 5.32 Å². The van der Waals surface area contributed by atoms with E-state index in [1.165, 1.54) is 7.11 Å². The van der Waals surface area contributed by atoms with E-state index in [1.807, 2.05) is 5.32 Å². The van der Waals surface area contributed by atoms with Gasteiger partial charge in [0.1, 0.15) is 12.6 Å². The SMILES string of the molecule is COCC(=O)C(=O)N[C@@H](CCC(=O)C=[N+]=[N-])C(=O)O. The summed E-state index contributed by atoms with van der Waals surface area (Å²) in [5.74, 6) is -4.01. The minimum Gasteiger partial charge on any atom is -0.480 e. The molecule has 0 aromatic carbocycles. The van der Waals surface area contributed by atoms with E-state index in [0.29, 0.717) is 6.21 Å². The number of nitrogens with zero attached hydrogens (tertiary/aromatic N) is 2. The van der Waals surface area contributed by atoms with Crippen molar-refractivity contribution in [3.63, 3.8) is 0 Å². The van der Waals surface area contributed by atoms with E-state index in [4.69, 9.17) is 10.6 Å². The fourth-order valence-electron chi connectivity index (χ4n) is 1.11. The number of carboxylic acids is 1. The maximum atomic E-state index is 11.3. The molecule has 0 aliphatic heterocycles. The van der Waals surface area contributed by atoms with E-state index < -0.39 is 36.1 Å². The number of nitrogens with one attached hydrogen (secondary N) is 1. The van der Waals surface area contributed by atoms with Gasteiger partial charge in [-0.1, -0.05) is 0 Å². The fraction of sp³-hybridized carbons (Fsp3) is 0.500. The van der Waals surface area contributed by atoms with Gasteiger partial charge in [-0.05, 0) is 6.42 Å². The number of ether oxygens (including phenoxy) is 1. The molecule has 1 amide bonds. The third-order valence-corrected chi connectivity index (χ3v) is 2.01. The fourth-order valence-corrected chi connectivity index (χ4v) is 1.11. The molecule has 0 radical (unpaired) electrons. The monoisotopic (exact) mass is 271 g/mol. The predicted octanol–water partition coefficient (Wildman–Crippen LogP) is -1.58. The normalized spacial score (nSPS) is 11.0. The van der Waals surface area contributed by atoms with Crippen LogP contribution in [0.3, 0.4) is 0 Å². The summed E-state index contributed by atoms with van der Waals surface area (Å²) < 4.78 is 4.44. The zero-order valence-corrected chi connectivity index (χ0v) is 10.2. The molecule has 0 aromatic rings. The summed E-state index contributed by atoms with van der Waals surface area (Å²) in [5, 5.41) is 10.8. The zero-order chi connectivity index (χ0) is 14.8. The lowest BCUT2D eigenvalue weighted by Gasteiger charge is -2.12. The smallest absolute Gasteiger partial charge is 0.326 e. The molecular formula is C10H13N3O6. The minimum atomic E-state index is -1.38. The Kier molecular flexibility index (Phi) is 7.59. The molecule has 1 atom stereocenters. The van der Waals surface area contributed by atoms with Crippen molar-refractivity contribution in [1.29, 1.82) is 0 Å². The maximum Gasteiger partial charge on any atom is 0.326 e. The van der Waals surface area contributed by atoms with Crippen LogP contribution in [0.25, 0.3) is 5.53 Å². The Hall–Kier alpha value is -2.38. The Morgan fingerprint density at radius 3 is 2.53 bits per heavy atom. The molecule has 104 valence electrons. The molecule has 0 aromatic heterocycles. The molecule has 0 saturated carbocycles. The van der Waals surface area contributed by atoms with Gasteiger partial charge in [0.15, 0.2) is 0 Å². The van der Waals surface area contributed by atoms with E-state index in [0.717, 1.165) is 0 Å². The molecule has 0 aliphatic carbocycles. The van der Waals surface area contributed by atoms with Crippen molar-refractivity contribution in [2.45, 2.75) is 18.9 Å². The summed E-state index contributed by atoms with van der Waals surface area (Å²) in [4.78, 5) is 46.7. The first-order valence-corrected chi connectivity index (χ1v) is 5.18. The van der Waals surface area contributed by atoms with Crippen LogP contribution in [0.1, 0.15) is 12.8 Å². The Labute approximate surface area is 108 Å². The van der Waals surface area contributed by atoms with E-state index in [9.17, 15) is 19.2 Å². The van der Waals surface area contributed by atoms with Gasteiger partial charge >= 0.3 is 12.2 Å². The summed E-state index contributed by atoms with van der Waals surface area (Å²) in [6, 6.07) is -1.38. The summed E-state index contributed by atoms with van der Waals surface area (Å²) in [7, 11) is 1.22. The lowest BCUT2D eigenvalue weighted by atomic mass is 10.1. The lowest BCUT2D eigenvalue weighted by molar-refractivity contribution is -0.145. The first-order chi connectivity index (χ1) is 8.92. The first kappa shape index (κ1) is 16.6. The van der Waals surface area contributed by atoms with Crippen molar-refractivity contribution in [2.75, 3.05) is 13.7 Å². The van der Waals surface area contributed by atoms with Gasteiger partial charge in [0, 0.05) is 13.5 Å². The molecule has 0 spiro atoms. The third kappa shape index (κ3) is 6.81. The Morgan fingerprint density at radius 2 is 2.05 bits per heavy atom. The number of amides is 1. The van der Waals surface area contributed by atoms with Crippen LogP contribution in [0.2, 0.25) is 0 Å². The number of aliphatic carboxylic acids is 1. The second kappa shape index (κ2) is 8.67. The zero-order valence-electron chi connectivity index (χ0n) is 10.2. The Bertz CT molecular complexity index is 427. The van der Waals surface area contributed by atoms with Gasteiger partial charge in [-0.25, -0.2) is 4.79 Å². The van der Waals surface area contributed by atoms with E-state index in [-0.39, 0.29) is 12.8 Å². The number of carbonyl (C=O) groups is 4. The molecular weight excluding hydrogens is 258 g/mol. The molecule has 0 saturated heterocycles. The van der Waals surface area contributed by atoms with E-state index in [1.54, 1.807) is 0 Å². The van der Waals surface area contributed by atoms with Crippen molar-refractivity contribution >= 4 is 29.7 Å². The van der Waals surface area contributed by atoms with E-state index in [2.05, 4.69) is 9.53 Å². The molecule has 0 rings (SSSR count). The summed E-state index contributed by atoms with van der Waals surface area (Å²) in [6.07, 6.45) is 0.142. The molecule has 0 fully saturated rings. The molecule has 0 unspecified atom stereocenters. The highest BCUT2D eigenvalue weighted by molar-refractivity contribution is 6.37. The average molecular weight is 271 g/mol. The highest BCUT2D eigenvalue weighted by atomic mass is 16.5. The average Bonchev–Trinajstić information content (AvgIpc) is 2.34. The van der Waals surface area contributed by atoms with Crippen molar-refractivity contribution < 1.29 is 33.8 Å². The van der Waals surface area contributed by atoms with Crippen LogP contribution in [0, 0.1) is 0 Å². The van der Waals surface area contributed by atoms with Gasteiger partial charge in [0.25, 0.3) is 5.91 Å². The van der Waals surface area contributed by atoms with Gasteiger partial charge in [-0.15, -0.1) is 0 Å². The first-order valence-electron chi connectivity index (χ1n) is 5.18. The second-order valence-corrected chi connectivity index (χ2v) is 3.47. The number of methoxy groups -OCH3 is 1. The maximum absolute atomic E-state index is 11.3.